The zero-order chi connectivity index (χ0) is 18.8. The van der Waals surface area contributed by atoms with Crippen LogP contribution in [0.1, 0.15) is 12.5 Å². The summed E-state index contributed by atoms with van der Waals surface area (Å²) in [4.78, 5) is 24.8. The monoisotopic (exact) mass is 362 g/mol. The molecule has 7 heteroatoms. The molecule has 7 nitrogen and oxygen atoms in total. The topological polar surface area (TPSA) is 85.2 Å². The number of ether oxygens (including phenoxy) is 1. The molecule has 0 bridgehead atoms. The van der Waals surface area contributed by atoms with Crippen LogP contribution in [0.5, 0.6) is 5.75 Å². The number of hydrogen-bond donors (Lipinski definition) is 2. The van der Waals surface area contributed by atoms with E-state index in [1.54, 1.807) is 30.0 Å². The van der Waals surface area contributed by atoms with E-state index in [4.69, 9.17) is 4.74 Å². The van der Waals surface area contributed by atoms with Gasteiger partial charge >= 0.3 is 0 Å². The number of nitrogens with one attached hydrogen (secondary N) is 2. The summed E-state index contributed by atoms with van der Waals surface area (Å²) in [6.07, 6.45) is 0.0371. The van der Waals surface area contributed by atoms with Crippen molar-refractivity contribution in [3.05, 3.63) is 60.7 Å². The molecule has 1 unspecified atom stereocenters. The van der Waals surface area contributed by atoms with Gasteiger partial charge in [-0.1, -0.05) is 18.2 Å². The lowest BCUT2D eigenvalue weighted by Crippen LogP contribution is -2.35. The zero-order valence-corrected chi connectivity index (χ0v) is 14.7. The second kappa shape index (κ2) is 6.95. The maximum Gasteiger partial charge on any atom is 0.249 e. The van der Waals surface area contributed by atoms with Crippen molar-refractivity contribution in [1.82, 2.24) is 9.78 Å². The van der Waals surface area contributed by atoms with Crippen LogP contribution in [0.3, 0.4) is 0 Å². The molecule has 27 heavy (non-hydrogen) atoms. The predicted octanol–water partition coefficient (Wildman–Crippen LogP) is 3.08. The first-order chi connectivity index (χ1) is 13.1. The Balaban J connectivity index is 1.63. The van der Waals surface area contributed by atoms with Gasteiger partial charge in [0.25, 0.3) is 0 Å². The first-order valence-electron chi connectivity index (χ1n) is 8.54. The van der Waals surface area contributed by atoms with Gasteiger partial charge in [-0.2, -0.15) is 5.10 Å². The van der Waals surface area contributed by atoms with Crippen LogP contribution in [0.2, 0.25) is 0 Å². The molecular weight excluding hydrogens is 344 g/mol. The lowest BCUT2D eigenvalue weighted by atomic mass is 10.1. The minimum Gasteiger partial charge on any atom is -0.497 e. The molecule has 136 valence electrons. The van der Waals surface area contributed by atoms with Crippen LogP contribution in [0.25, 0.3) is 11.3 Å². The maximum atomic E-state index is 12.7. The van der Waals surface area contributed by atoms with Gasteiger partial charge in [0.2, 0.25) is 11.8 Å². The molecule has 0 spiro atoms. The smallest absolute Gasteiger partial charge is 0.249 e. The van der Waals surface area contributed by atoms with Gasteiger partial charge in [0.1, 0.15) is 17.6 Å². The molecule has 1 aliphatic rings. The number of hydrogen-bond acceptors (Lipinski definition) is 4. The number of methoxy groups -OCH3 is 1. The van der Waals surface area contributed by atoms with E-state index >= 15 is 0 Å². The van der Waals surface area contributed by atoms with E-state index in [-0.39, 0.29) is 18.2 Å². The van der Waals surface area contributed by atoms with Crippen LogP contribution >= 0.6 is 0 Å². The van der Waals surface area contributed by atoms with Crippen LogP contribution in [0.4, 0.5) is 11.5 Å². The molecule has 0 radical (unpaired) electrons. The number of carbonyl (C=O) groups excluding carboxylic acids is 2. The SMILES string of the molecule is COc1ccc(-c2cc3n(n2)C(C(=O)Nc2ccccc2)CC(=O)N3)cc1. The van der Waals surface area contributed by atoms with Crippen molar-refractivity contribution in [1.29, 1.82) is 0 Å². The largest absolute Gasteiger partial charge is 0.497 e. The molecule has 0 aliphatic carbocycles. The summed E-state index contributed by atoms with van der Waals surface area (Å²) in [5.41, 5.74) is 2.22. The molecule has 2 aromatic carbocycles. The molecule has 0 saturated carbocycles. The summed E-state index contributed by atoms with van der Waals surface area (Å²) >= 11 is 0. The number of aromatic nitrogens is 2. The fraction of sp³-hybridized carbons (Fsp3) is 0.150. The average Bonchev–Trinajstić information content (AvgIpc) is 3.12. The van der Waals surface area contributed by atoms with Gasteiger partial charge in [-0.25, -0.2) is 4.68 Å². The normalized spacial score (nSPS) is 15.6. The zero-order valence-electron chi connectivity index (χ0n) is 14.7. The first kappa shape index (κ1) is 16.8. The van der Waals surface area contributed by atoms with Crippen LogP contribution in [-0.2, 0) is 9.59 Å². The van der Waals surface area contributed by atoms with Crippen molar-refractivity contribution >= 4 is 23.3 Å². The Morgan fingerprint density at radius 2 is 1.93 bits per heavy atom. The molecule has 2 amide bonds. The number of para-hydroxylation sites is 1. The number of nitrogens with zero attached hydrogens (tertiary/aromatic N) is 2. The number of fused-ring (bicyclic) bond motifs is 1. The van der Waals surface area contributed by atoms with Crippen LogP contribution < -0.4 is 15.4 Å². The molecule has 3 aromatic rings. The van der Waals surface area contributed by atoms with Crippen LogP contribution in [0, 0.1) is 0 Å². The van der Waals surface area contributed by atoms with Gasteiger partial charge < -0.3 is 15.4 Å². The second-order valence-electron chi connectivity index (χ2n) is 6.21. The number of amides is 2. The highest BCUT2D eigenvalue weighted by molar-refractivity contribution is 6.01. The third-order valence-electron chi connectivity index (χ3n) is 4.41. The van der Waals surface area contributed by atoms with Crippen molar-refractivity contribution in [2.75, 3.05) is 17.7 Å². The fourth-order valence-corrected chi connectivity index (χ4v) is 3.03. The van der Waals surface area contributed by atoms with E-state index in [2.05, 4.69) is 15.7 Å². The molecule has 0 saturated heterocycles. The Morgan fingerprint density at radius 1 is 1.19 bits per heavy atom. The third-order valence-corrected chi connectivity index (χ3v) is 4.41. The fourth-order valence-electron chi connectivity index (χ4n) is 3.03. The summed E-state index contributed by atoms with van der Waals surface area (Å²) in [7, 11) is 1.61. The maximum absolute atomic E-state index is 12.7. The predicted molar refractivity (Wildman–Crippen MR) is 102 cm³/mol. The number of rotatable bonds is 4. The lowest BCUT2D eigenvalue weighted by Gasteiger charge is -2.23. The average molecular weight is 362 g/mol. The Bertz CT molecular complexity index is 980. The van der Waals surface area contributed by atoms with E-state index in [1.807, 2.05) is 42.5 Å². The summed E-state index contributed by atoms with van der Waals surface area (Å²) in [5.74, 6) is 0.764. The van der Waals surface area contributed by atoms with Crippen molar-refractivity contribution in [3.63, 3.8) is 0 Å². The molecule has 2 heterocycles. The van der Waals surface area contributed by atoms with Gasteiger partial charge in [-0.05, 0) is 36.4 Å². The number of anilines is 2. The standard InChI is InChI=1S/C20H18N4O3/c1-27-15-9-7-13(8-10-15)16-11-18-22-19(25)12-17(24(18)23-16)20(26)21-14-5-3-2-4-6-14/h2-11,17H,12H2,1H3,(H,21,26)(H,22,25). The van der Waals surface area contributed by atoms with Crippen molar-refractivity contribution in [2.45, 2.75) is 12.5 Å². The van der Waals surface area contributed by atoms with Gasteiger partial charge in [0.15, 0.2) is 0 Å². The summed E-state index contributed by atoms with van der Waals surface area (Å²) in [6, 6.07) is 17.6. The third kappa shape index (κ3) is 3.39. The van der Waals surface area contributed by atoms with E-state index in [0.717, 1.165) is 11.3 Å². The minimum atomic E-state index is -0.707. The van der Waals surface area contributed by atoms with E-state index in [1.165, 1.54) is 0 Å². The van der Waals surface area contributed by atoms with E-state index in [9.17, 15) is 9.59 Å². The van der Waals surface area contributed by atoms with Crippen molar-refractivity contribution < 1.29 is 14.3 Å². The highest BCUT2D eigenvalue weighted by Gasteiger charge is 2.32. The lowest BCUT2D eigenvalue weighted by molar-refractivity contribution is -0.125. The van der Waals surface area contributed by atoms with E-state index < -0.39 is 6.04 Å². The number of carbonyl (C=O) groups is 2. The second-order valence-corrected chi connectivity index (χ2v) is 6.21. The highest BCUT2D eigenvalue weighted by atomic mass is 16.5. The van der Waals surface area contributed by atoms with Crippen molar-refractivity contribution in [3.8, 4) is 17.0 Å². The van der Waals surface area contributed by atoms with Gasteiger partial charge in [-0.15, -0.1) is 0 Å². The first-order valence-corrected chi connectivity index (χ1v) is 8.54. The molecule has 0 fully saturated rings. The van der Waals surface area contributed by atoms with Crippen LogP contribution in [-0.4, -0.2) is 28.7 Å². The van der Waals surface area contributed by atoms with Gasteiger partial charge in [0.05, 0.1) is 19.2 Å². The Kier molecular flexibility index (Phi) is 4.33. The Morgan fingerprint density at radius 3 is 2.63 bits per heavy atom. The molecule has 1 aliphatic heterocycles. The van der Waals surface area contributed by atoms with E-state index in [0.29, 0.717) is 17.2 Å². The summed E-state index contributed by atoms with van der Waals surface area (Å²) in [6.45, 7) is 0. The Labute approximate surface area is 156 Å². The quantitative estimate of drug-likeness (QED) is 0.747. The molecule has 1 atom stereocenters. The number of benzene rings is 2. The van der Waals surface area contributed by atoms with Crippen molar-refractivity contribution in [2.24, 2.45) is 0 Å². The summed E-state index contributed by atoms with van der Waals surface area (Å²) in [5, 5.41) is 10.2. The molecule has 2 N–H and O–H groups in total. The minimum absolute atomic E-state index is 0.0371. The summed E-state index contributed by atoms with van der Waals surface area (Å²) < 4.78 is 6.74. The molecule has 4 rings (SSSR count). The molecule has 1 aromatic heterocycles. The van der Waals surface area contributed by atoms with Gasteiger partial charge in [0, 0.05) is 17.3 Å². The highest BCUT2D eigenvalue weighted by Crippen LogP contribution is 2.30. The van der Waals surface area contributed by atoms with Gasteiger partial charge in [-0.3, -0.25) is 9.59 Å². The van der Waals surface area contributed by atoms with Crippen LogP contribution in [0.15, 0.2) is 60.7 Å². The molecular formula is C20H18N4O3. The Hall–Kier alpha value is -3.61.